The molecule has 0 spiro atoms. The van der Waals surface area contributed by atoms with Crippen LogP contribution in [-0.4, -0.2) is 56.1 Å². The van der Waals surface area contributed by atoms with E-state index < -0.39 is 17.4 Å². The molecule has 6 rings (SSSR count). The number of imide groups is 1. The van der Waals surface area contributed by atoms with Crippen LogP contribution in [0.2, 0.25) is 0 Å². The quantitative estimate of drug-likeness (QED) is 0.518. The number of aryl methyl sites for hydroxylation is 1. The van der Waals surface area contributed by atoms with Gasteiger partial charge < -0.3 is 14.8 Å². The molecule has 0 bridgehead atoms. The topological polar surface area (TPSA) is 91.7 Å². The van der Waals surface area contributed by atoms with Gasteiger partial charge in [0.2, 0.25) is 11.8 Å². The first-order valence-corrected chi connectivity index (χ1v) is 13.0. The van der Waals surface area contributed by atoms with Crippen molar-refractivity contribution in [2.24, 2.45) is 7.05 Å². The highest BCUT2D eigenvalue weighted by Gasteiger charge is 2.53. The fourth-order valence-corrected chi connectivity index (χ4v) is 6.04. The third-order valence-corrected chi connectivity index (χ3v) is 8.06. The molecule has 1 N–H and O–H groups in total. The Labute approximate surface area is 215 Å². The van der Waals surface area contributed by atoms with Gasteiger partial charge in [-0.15, -0.1) is 0 Å². The second-order valence-corrected chi connectivity index (χ2v) is 10.5. The molecule has 190 valence electrons. The van der Waals surface area contributed by atoms with Crippen LogP contribution in [-0.2, 0) is 16.6 Å². The van der Waals surface area contributed by atoms with Gasteiger partial charge in [-0.3, -0.25) is 24.1 Å². The van der Waals surface area contributed by atoms with Crippen LogP contribution in [0, 0.1) is 0 Å². The van der Waals surface area contributed by atoms with Gasteiger partial charge in [0, 0.05) is 35.9 Å². The van der Waals surface area contributed by atoms with Crippen LogP contribution in [0.1, 0.15) is 65.7 Å². The number of rotatable bonds is 6. The first-order valence-electron chi connectivity index (χ1n) is 13.0. The minimum atomic E-state index is -0.999. The van der Waals surface area contributed by atoms with Gasteiger partial charge in [-0.1, -0.05) is 31.4 Å². The molecule has 2 saturated carbocycles. The van der Waals surface area contributed by atoms with Crippen LogP contribution in [0.4, 0.5) is 5.69 Å². The molecule has 2 fully saturated rings. The Kier molecular flexibility index (Phi) is 5.62. The van der Waals surface area contributed by atoms with Crippen molar-refractivity contribution in [3.05, 3.63) is 65.9 Å². The Morgan fingerprint density at radius 3 is 2.30 bits per heavy atom. The molecule has 0 unspecified atom stereocenters. The van der Waals surface area contributed by atoms with E-state index in [4.69, 9.17) is 0 Å². The fraction of sp³-hybridized carbons (Fsp3) is 0.379. The van der Waals surface area contributed by atoms with Crippen molar-refractivity contribution >= 4 is 40.2 Å². The number of nitrogens with zero attached hydrogens (tertiary/aromatic N) is 3. The monoisotopic (exact) mass is 498 g/mol. The Bertz CT molecular complexity index is 1400. The number of benzene rings is 2. The Morgan fingerprint density at radius 2 is 1.65 bits per heavy atom. The zero-order valence-corrected chi connectivity index (χ0v) is 20.9. The number of nitrogens with one attached hydrogen (secondary N) is 1. The molecule has 2 aromatic carbocycles. The average molecular weight is 499 g/mol. The van der Waals surface area contributed by atoms with Gasteiger partial charge in [-0.05, 0) is 62.1 Å². The summed E-state index contributed by atoms with van der Waals surface area (Å²) in [5, 5.41) is 4.13. The van der Waals surface area contributed by atoms with Crippen molar-refractivity contribution in [1.82, 2.24) is 14.4 Å². The highest BCUT2D eigenvalue weighted by Crippen LogP contribution is 2.42. The van der Waals surface area contributed by atoms with E-state index in [1.807, 2.05) is 42.1 Å². The van der Waals surface area contributed by atoms with E-state index in [1.165, 1.54) is 0 Å². The predicted molar refractivity (Wildman–Crippen MR) is 139 cm³/mol. The average Bonchev–Trinajstić information content (AvgIpc) is 3.63. The molecule has 1 aromatic heterocycles. The second kappa shape index (κ2) is 8.87. The molecular weight excluding hydrogens is 468 g/mol. The SMILES string of the molecule is Cn1ccc2cc(NC(=O)C3(N(C(=O)CN4C(=O)c5ccccc5C4=O)C4CC4)CCCCC3)ccc21. The minimum absolute atomic E-state index is 0.0527. The summed E-state index contributed by atoms with van der Waals surface area (Å²) in [7, 11) is 1.98. The molecule has 0 saturated heterocycles. The lowest BCUT2D eigenvalue weighted by atomic mass is 9.79. The van der Waals surface area contributed by atoms with Crippen molar-refractivity contribution in [3.63, 3.8) is 0 Å². The lowest BCUT2D eigenvalue weighted by Gasteiger charge is -2.45. The van der Waals surface area contributed by atoms with Crippen molar-refractivity contribution in [3.8, 4) is 0 Å². The maximum atomic E-state index is 14.0. The third-order valence-electron chi connectivity index (χ3n) is 8.06. The lowest BCUT2D eigenvalue weighted by Crippen LogP contribution is -2.62. The van der Waals surface area contributed by atoms with E-state index >= 15 is 0 Å². The largest absolute Gasteiger partial charge is 0.351 e. The number of fused-ring (bicyclic) bond motifs is 2. The summed E-state index contributed by atoms with van der Waals surface area (Å²) in [6, 6.07) is 14.4. The predicted octanol–water partition coefficient (Wildman–Crippen LogP) is 4.11. The maximum Gasteiger partial charge on any atom is 0.262 e. The van der Waals surface area contributed by atoms with Crippen molar-refractivity contribution < 1.29 is 19.2 Å². The molecule has 4 amide bonds. The van der Waals surface area contributed by atoms with Crippen molar-refractivity contribution in [1.29, 1.82) is 0 Å². The summed E-state index contributed by atoms with van der Waals surface area (Å²) in [4.78, 5) is 56.5. The number of amides is 4. The number of hydrogen-bond donors (Lipinski definition) is 1. The third kappa shape index (κ3) is 3.91. The Balaban J connectivity index is 1.28. The smallest absolute Gasteiger partial charge is 0.262 e. The van der Waals surface area contributed by atoms with Crippen LogP contribution in [0.25, 0.3) is 10.9 Å². The standard InChI is InChI=1S/C29H30N4O4/c1-31-16-13-19-17-20(9-12-24(19)31)30-28(37)29(14-5-2-6-15-29)33(21-10-11-21)25(34)18-32-26(35)22-7-3-4-8-23(22)27(32)36/h3-4,7-9,12-13,16-17,21H,2,5-6,10-11,14-15,18H2,1H3,(H,30,37). The van der Waals surface area contributed by atoms with Crippen LogP contribution in [0.15, 0.2) is 54.7 Å². The van der Waals surface area contributed by atoms with Crippen LogP contribution in [0.5, 0.6) is 0 Å². The summed E-state index contributed by atoms with van der Waals surface area (Å²) in [5.41, 5.74) is 1.40. The lowest BCUT2D eigenvalue weighted by molar-refractivity contribution is -0.149. The molecule has 1 aliphatic heterocycles. The molecular formula is C29H30N4O4. The highest BCUT2D eigenvalue weighted by molar-refractivity contribution is 6.22. The zero-order chi connectivity index (χ0) is 25.7. The van der Waals surface area contributed by atoms with Gasteiger partial charge in [0.25, 0.3) is 11.8 Å². The van der Waals surface area contributed by atoms with E-state index in [2.05, 4.69) is 5.32 Å². The van der Waals surface area contributed by atoms with Crippen LogP contribution >= 0.6 is 0 Å². The normalized spacial score (nSPS) is 18.7. The molecule has 3 aliphatic rings. The molecule has 0 atom stereocenters. The second-order valence-electron chi connectivity index (χ2n) is 10.5. The summed E-state index contributed by atoms with van der Waals surface area (Å²) in [5.74, 6) is -1.44. The number of anilines is 1. The molecule has 2 aliphatic carbocycles. The summed E-state index contributed by atoms with van der Waals surface area (Å²) >= 11 is 0. The van der Waals surface area contributed by atoms with Crippen molar-refractivity contribution in [2.45, 2.75) is 56.5 Å². The van der Waals surface area contributed by atoms with Crippen LogP contribution < -0.4 is 5.32 Å². The van der Waals surface area contributed by atoms with Gasteiger partial charge in [-0.2, -0.15) is 0 Å². The first-order chi connectivity index (χ1) is 17.9. The molecule has 0 radical (unpaired) electrons. The van der Waals surface area contributed by atoms with E-state index in [9.17, 15) is 19.2 Å². The molecule has 8 nitrogen and oxygen atoms in total. The molecule has 37 heavy (non-hydrogen) atoms. The van der Waals surface area contributed by atoms with E-state index in [0.717, 1.165) is 47.9 Å². The number of hydrogen-bond acceptors (Lipinski definition) is 4. The Morgan fingerprint density at radius 1 is 0.973 bits per heavy atom. The summed E-state index contributed by atoms with van der Waals surface area (Å²) in [6.45, 7) is -0.353. The zero-order valence-electron chi connectivity index (χ0n) is 20.9. The van der Waals surface area contributed by atoms with Crippen LogP contribution in [0.3, 0.4) is 0 Å². The summed E-state index contributed by atoms with van der Waals surface area (Å²) < 4.78 is 2.02. The van der Waals surface area contributed by atoms with Gasteiger partial charge in [0.1, 0.15) is 12.1 Å². The molecule has 8 heteroatoms. The van der Waals surface area contributed by atoms with Gasteiger partial charge in [0.05, 0.1) is 11.1 Å². The number of aromatic nitrogens is 1. The van der Waals surface area contributed by atoms with E-state index in [-0.39, 0.29) is 24.4 Å². The number of carbonyl (C=O) groups excluding carboxylic acids is 4. The molecule has 2 heterocycles. The summed E-state index contributed by atoms with van der Waals surface area (Å²) in [6.07, 6.45) is 7.44. The minimum Gasteiger partial charge on any atom is -0.351 e. The van der Waals surface area contributed by atoms with Gasteiger partial charge in [-0.25, -0.2) is 0 Å². The van der Waals surface area contributed by atoms with Gasteiger partial charge >= 0.3 is 0 Å². The van der Waals surface area contributed by atoms with Gasteiger partial charge in [0.15, 0.2) is 0 Å². The van der Waals surface area contributed by atoms with E-state index in [0.29, 0.717) is 29.7 Å². The van der Waals surface area contributed by atoms with Crippen molar-refractivity contribution in [2.75, 3.05) is 11.9 Å². The number of carbonyl (C=O) groups is 4. The maximum absolute atomic E-state index is 14.0. The molecule has 3 aromatic rings. The highest BCUT2D eigenvalue weighted by atomic mass is 16.2. The Hall–Kier alpha value is -3.94. The van der Waals surface area contributed by atoms with E-state index in [1.54, 1.807) is 29.2 Å². The fourth-order valence-electron chi connectivity index (χ4n) is 6.04. The first kappa shape index (κ1) is 23.5.